The molecule has 1 saturated carbocycles. The maximum Gasteiger partial charge on any atom is 0.233 e. The molecule has 0 aromatic rings. The van der Waals surface area contributed by atoms with E-state index in [1.807, 2.05) is 87.8 Å². The number of unbranched alkanes of at least 4 members (excludes halogenated alkanes) is 4. The van der Waals surface area contributed by atoms with Crippen molar-refractivity contribution >= 4 is 23.5 Å². The van der Waals surface area contributed by atoms with Crippen LogP contribution in [0, 0.1) is 29.6 Å². The van der Waals surface area contributed by atoms with Crippen molar-refractivity contribution in [2.45, 2.75) is 225 Å². The van der Waals surface area contributed by atoms with Crippen molar-refractivity contribution in [3.8, 4) is 0 Å². The Hall–Kier alpha value is -4.32. The summed E-state index contributed by atoms with van der Waals surface area (Å²) in [5.41, 5.74) is 0. The van der Waals surface area contributed by atoms with E-state index in [1.54, 1.807) is 0 Å². The summed E-state index contributed by atoms with van der Waals surface area (Å²) >= 11 is 0. The molecule has 0 radical (unpaired) electrons. The lowest BCUT2D eigenvalue weighted by Gasteiger charge is -2.30. The van der Waals surface area contributed by atoms with Gasteiger partial charge in [-0.15, -0.1) is 0 Å². The minimum absolute atomic E-state index is 0.00162. The highest BCUT2D eigenvalue weighted by Gasteiger charge is 2.36. The van der Waals surface area contributed by atoms with E-state index in [2.05, 4.69) is 119 Å². The SMILES string of the molecule is CC=CNCCCC.CCC=CCN1C(=O)CC(CC)C1=O.CCC=CNCC.CCCCCC.CCNC=CCC(=O)C1CCC(C)CC1.CCNC=CCC(=O)N1CCC(C)CC1.CCNC=CCN1CCC(C)CC1. The van der Waals surface area contributed by atoms with Gasteiger partial charge in [-0.1, -0.05) is 150 Å². The lowest BCUT2D eigenvalue weighted by molar-refractivity contribution is -0.138. The fraction of sp³-hybridized carbons (Fsp3) is 0.758. The van der Waals surface area contributed by atoms with Crippen molar-refractivity contribution in [2.24, 2.45) is 29.6 Å². The van der Waals surface area contributed by atoms with Crippen LogP contribution in [-0.2, 0) is 19.2 Å². The number of hydrogen-bond acceptors (Lipinski definition) is 10. The third-order valence-corrected chi connectivity index (χ3v) is 13.9. The maximum atomic E-state index is 11.8. The van der Waals surface area contributed by atoms with Gasteiger partial charge in [0.15, 0.2) is 0 Å². The highest BCUT2D eigenvalue weighted by atomic mass is 16.2. The molecule has 12 nitrogen and oxygen atoms in total. The van der Waals surface area contributed by atoms with Gasteiger partial charge in [0.1, 0.15) is 5.78 Å². The van der Waals surface area contributed by atoms with E-state index in [1.165, 1.54) is 82.2 Å². The first-order valence-corrected chi connectivity index (χ1v) is 31.6. The van der Waals surface area contributed by atoms with Crippen LogP contribution in [0.25, 0.3) is 0 Å². The predicted octanol–water partition coefficient (Wildman–Crippen LogP) is 14.2. The van der Waals surface area contributed by atoms with Crippen molar-refractivity contribution in [3.05, 3.63) is 73.5 Å². The molecule has 3 amide bonds. The number of imide groups is 1. The molecule has 12 heteroatoms. The second kappa shape index (κ2) is 58.8. The Morgan fingerprint density at radius 1 is 0.513 bits per heavy atom. The van der Waals surface area contributed by atoms with Gasteiger partial charge in [-0.3, -0.25) is 29.0 Å². The first kappa shape index (κ1) is 77.9. The molecule has 4 fully saturated rings. The molecule has 4 rings (SSSR count). The van der Waals surface area contributed by atoms with E-state index in [0.717, 1.165) is 115 Å². The number of allylic oxidation sites excluding steroid dienone is 4. The minimum Gasteiger partial charge on any atom is -0.391 e. The Labute approximate surface area is 482 Å². The molecule has 0 aromatic heterocycles. The summed E-state index contributed by atoms with van der Waals surface area (Å²) in [4.78, 5) is 52.4. The number of hydrogen-bond donors (Lipinski definition) is 5. The van der Waals surface area contributed by atoms with Gasteiger partial charge in [0.05, 0.1) is 0 Å². The van der Waals surface area contributed by atoms with Gasteiger partial charge in [0.2, 0.25) is 17.7 Å². The summed E-state index contributed by atoms with van der Waals surface area (Å²) < 4.78 is 0. The van der Waals surface area contributed by atoms with Crippen LogP contribution in [0.4, 0.5) is 0 Å². The predicted molar refractivity (Wildman–Crippen MR) is 339 cm³/mol. The highest BCUT2D eigenvalue weighted by Crippen LogP contribution is 2.29. The van der Waals surface area contributed by atoms with Crippen molar-refractivity contribution in [1.29, 1.82) is 0 Å². The molecule has 3 aliphatic heterocycles. The van der Waals surface area contributed by atoms with E-state index in [-0.39, 0.29) is 23.6 Å². The molecular weight excluding hydrogens is 969 g/mol. The normalized spacial score (nSPS) is 18.9. The molecule has 1 atom stereocenters. The minimum atomic E-state index is -0.0717. The average Bonchev–Trinajstić information content (AvgIpc) is 3.73. The number of piperidine rings is 2. The third kappa shape index (κ3) is 47.7. The molecule has 78 heavy (non-hydrogen) atoms. The van der Waals surface area contributed by atoms with Crippen LogP contribution < -0.4 is 26.6 Å². The van der Waals surface area contributed by atoms with Crippen LogP contribution in [0.5, 0.6) is 0 Å². The van der Waals surface area contributed by atoms with Crippen LogP contribution in [0.3, 0.4) is 0 Å². The second-order valence-corrected chi connectivity index (χ2v) is 21.2. The van der Waals surface area contributed by atoms with E-state index in [0.29, 0.717) is 37.5 Å². The molecule has 454 valence electrons. The van der Waals surface area contributed by atoms with Gasteiger partial charge in [-0.2, -0.15) is 0 Å². The van der Waals surface area contributed by atoms with Gasteiger partial charge in [-0.25, -0.2) is 0 Å². The molecule has 0 bridgehead atoms. The molecule has 0 spiro atoms. The third-order valence-electron chi connectivity index (χ3n) is 13.9. The summed E-state index contributed by atoms with van der Waals surface area (Å²) in [6, 6.07) is 0. The number of amides is 3. The smallest absolute Gasteiger partial charge is 0.233 e. The van der Waals surface area contributed by atoms with Gasteiger partial charge in [-0.05, 0) is 161 Å². The summed E-state index contributed by atoms with van der Waals surface area (Å²) in [6.07, 6.45) is 46.0. The van der Waals surface area contributed by atoms with Crippen molar-refractivity contribution in [2.75, 3.05) is 72.0 Å². The topological polar surface area (TPSA) is 138 Å². The summed E-state index contributed by atoms with van der Waals surface area (Å²) in [5, 5.41) is 15.6. The Morgan fingerprint density at radius 2 is 0.987 bits per heavy atom. The molecule has 5 N–H and O–H groups in total. The van der Waals surface area contributed by atoms with Crippen LogP contribution >= 0.6 is 0 Å². The second-order valence-electron chi connectivity index (χ2n) is 21.2. The van der Waals surface area contributed by atoms with Crippen LogP contribution in [-0.4, -0.2) is 110 Å². The molecule has 3 saturated heterocycles. The quantitative estimate of drug-likeness (QED) is 0.0307. The average molecular weight is 1100 g/mol. The lowest BCUT2D eigenvalue weighted by Crippen LogP contribution is -2.37. The Bertz CT molecular complexity index is 1500. The lowest BCUT2D eigenvalue weighted by atomic mass is 9.80. The molecule has 0 aromatic carbocycles. The maximum absolute atomic E-state index is 11.8. The zero-order valence-electron chi connectivity index (χ0n) is 53.2. The number of likely N-dealkylation sites (tertiary alicyclic amines) is 3. The van der Waals surface area contributed by atoms with Crippen LogP contribution in [0.15, 0.2) is 73.5 Å². The molecule has 3 heterocycles. The van der Waals surface area contributed by atoms with Gasteiger partial charge >= 0.3 is 0 Å². The number of carbonyl (C=O) groups is 4. The monoisotopic (exact) mass is 1090 g/mol. The molecule has 1 aliphatic carbocycles. The van der Waals surface area contributed by atoms with E-state index in [9.17, 15) is 19.2 Å². The fourth-order valence-electron chi connectivity index (χ4n) is 8.43. The zero-order chi connectivity index (χ0) is 58.9. The van der Waals surface area contributed by atoms with E-state index >= 15 is 0 Å². The number of rotatable bonds is 27. The van der Waals surface area contributed by atoms with Gasteiger partial charge in [0, 0.05) is 90.0 Å². The summed E-state index contributed by atoms with van der Waals surface area (Å²) in [7, 11) is 0. The summed E-state index contributed by atoms with van der Waals surface area (Å²) in [6.45, 7) is 40.9. The first-order valence-electron chi connectivity index (χ1n) is 31.6. The Morgan fingerprint density at radius 3 is 1.45 bits per heavy atom. The number of nitrogens with zero attached hydrogens (tertiary/aromatic N) is 3. The van der Waals surface area contributed by atoms with Crippen molar-refractivity contribution in [1.82, 2.24) is 41.3 Å². The number of nitrogens with one attached hydrogen (secondary N) is 5. The molecule has 1 unspecified atom stereocenters. The van der Waals surface area contributed by atoms with Gasteiger partial charge < -0.3 is 31.5 Å². The summed E-state index contributed by atoms with van der Waals surface area (Å²) in [5.74, 6) is 3.48. The zero-order valence-corrected chi connectivity index (χ0v) is 53.2. The standard InChI is InChI=1S/C13H23NO.C12H22N2O.C11H22N2.C11H17NO2.C7H15N.C6H13N.C6H14/c1-3-14-10-4-5-13(15)12-8-6-11(2)7-9-12;1-3-13-8-4-5-12(15)14-9-6-11(2)7-10-14;1-3-12-7-4-8-13-9-5-11(2)6-10-13;1-3-5-6-7-12-10(13)8-9(4-2)11(12)14;1-3-5-7-8-6-4-2;1-3-5-6-7-4-2;1-3-5-6-4-2/h4,10-12,14H,3,5-9H2,1-2H3;4,8,11,13H,3,5-7,9-10H2,1-2H3;4,7,11-12H,3,5-6,8-10H2,1-2H3;5-6,9H,3-4,7-8H2,1-2H3;4,6,8H,3,5,7H2,1-2H3;5-7H,3-4H2,1-2H3;3-6H2,1-2H3. The molecule has 4 aliphatic rings. The van der Waals surface area contributed by atoms with Crippen LogP contribution in [0.2, 0.25) is 0 Å². The van der Waals surface area contributed by atoms with E-state index < -0.39 is 0 Å². The Kier molecular flexibility index (Phi) is 58.7. The van der Waals surface area contributed by atoms with Crippen molar-refractivity contribution in [3.63, 3.8) is 0 Å². The molecular formula is C66H126N8O4. The largest absolute Gasteiger partial charge is 0.391 e. The fourth-order valence-corrected chi connectivity index (χ4v) is 8.43. The highest BCUT2D eigenvalue weighted by molar-refractivity contribution is 6.03. The Balaban J connectivity index is -0.000000862. The van der Waals surface area contributed by atoms with Gasteiger partial charge in [0.25, 0.3) is 0 Å². The van der Waals surface area contributed by atoms with E-state index in [4.69, 9.17) is 0 Å². The van der Waals surface area contributed by atoms with Crippen LogP contribution in [0.1, 0.15) is 225 Å². The number of Topliss-reactive ketones (excluding diaryl/α,β-unsaturated/α-hetero) is 1. The number of carbonyl (C=O) groups excluding carboxylic acids is 4. The van der Waals surface area contributed by atoms with Crippen molar-refractivity contribution < 1.29 is 19.2 Å². The number of ketones is 1. The first-order chi connectivity index (χ1) is 37.7.